The lowest BCUT2D eigenvalue weighted by Crippen LogP contribution is -1.94. The minimum atomic E-state index is 0.278. The van der Waals surface area contributed by atoms with Crippen molar-refractivity contribution in [1.82, 2.24) is 4.98 Å². The lowest BCUT2D eigenvalue weighted by atomic mass is 10.3. The van der Waals surface area contributed by atoms with Crippen LogP contribution in [0.15, 0.2) is 10.5 Å². The maximum Gasteiger partial charge on any atom is 0.145 e. The number of aromatic nitrogens is 1. The third kappa shape index (κ3) is 1.65. The quantitative estimate of drug-likeness (QED) is 0.548. The Morgan fingerprint density at radius 2 is 2.36 bits per heavy atom. The number of hydrogen-bond donors (Lipinski definition) is 1. The Morgan fingerprint density at radius 3 is 2.91 bits per heavy atom. The van der Waals surface area contributed by atoms with E-state index < -0.39 is 0 Å². The summed E-state index contributed by atoms with van der Waals surface area (Å²) in [6.45, 7) is 0. The lowest BCUT2D eigenvalue weighted by molar-refractivity contribution is 1.30. The first kappa shape index (κ1) is 8.38. The van der Waals surface area contributed by atoms with Gasteiger partial charge in [0.1, 0.15) is 11.0 Å². The Hall–Kier alpha value is -0.720. The highest BCUT2D eigenvalue weighted by atomic mass is 79.9. The van der Waals surface area contributed by atoms with Crippen molar-refractivity contribution in [3.63, 3.8) is 0 Å². The van der Waals surface area contributed by atoms with Gasteiger partial charge in [-0.2, -0.15) is 0 Å². The minimum absolute atomic E-state index is 0.278. The number of pyridine rings is 1. The van der Waals surface area contributed by atoms with Crippen molar-refractivity contribution in [3.8, 4) is 12.3 Å². The van der Waals surface area contributed by atoms with Gasteiger partial charge in [-0.1, -0.05) is 17.5 Å². The van der Waals surface area contributed by atoms with Crippen molar-refractivity contribution >= 4 is 33.3 Å². The van der Waals surface area contributed by atoms with Crippen LogP contribution in [0.5, 0.6) is 0 Å². The largest absolute Gasteiger partial charge is 0.383 e. The van der Waals surface area contributed by atoms with Crippen molar-refractivity contribution in [1.29, 1.82) is 0 Å². The molecule has 0 bridgehead atoms. The second kappa shape index (κ2) is 3.12. The van der Waals surface area contributed by atoms with Crippen LogP contribution in [-0.4, -0.2) is 4.98 Å². The van der Waals surface area contributed by atoms with Crippen LogP contribution in [0.1, 0.15) is 5.56 Å². The van der Waals surface area contributed by atoms with E-state index >= 15 is 0 Å². The summed E-state index contributed by atoms with van der Waals surface area (Å²) in [5, 5.41) is 0.321. The number of rotatable bonds is 0. The van der Waals surface area contributed by atoms with Gasteiger partial charge in [-0.3, -0.25) is 0 Å². The second-order valence-corrected chi connectivity index (χ2v) is 3.05. The number of halogens is 2. The number of hydrogen-bond acceptors (Lipinski definition) is 2. The highest BCUT2D eigenvalue weighted by Crippen LogP contribution is 2.23. The number of nitrogens with zero attached hydrogens (tertiary/aromatic N) is 1. The highest BCUT2D eigenvalue weighted by molar-refractivity contribution is 9.10. The Morgan fingerprint density at radius 1 is 1.73 bits per heavy atom. The maximum atomic E-state index is 5.64. The molecule has 1 aromatic rings. The van der Waals surface area contributed by atoms with Gasteiger partial charge in [0.05, 0.1) is 10.0 Å². The van der Waals surface area contributed by atoms with E-state index in [0.29, 0.717) is 15.2 Å². The monoisotopic (exact) mass is 230 g/mol. The third-order valence-electron chi connectivity index (χ3n) is 1.12. The minimum Gasteiger partial charge on any atom is -0.383 e. The van der Waals surface area contributed by atoms with E-state index in [9.17, 15) is 0 Å². The fourth-order valence-electron chi connectivity index (χ4n) is 0.595. The molecule has 0 aliphatic rings. The lowest BCUT2D eigenvalue weighted by Gasteiger charge is -1.99. The Labute approximate surface area is 77.9 Å². The Balaban J connectivity index is 3.35. The molecule has 0 saturated heterocycles. The van der Waals surface area contributed by atoms with Gasteiger partial charge in [0.2, 0.25) is 0 Å². The summed E-state index contributed by atoms with van der Waals surface area (Å²) in [4.78, 5) is 3.80. The van der Waals surface area contributed by atoms with Gasteiger partial charge in [-0.15, -0.1) is 6.42 Å². The van der Waals surface area contributed by atoms with Gasteiger partial charge >= 0.3 is 0 Å². The van der Waals surface area contributed by atoms with Crippen LogP contribution in [0.3, 0.4) is 0 Å². The highest BCUT2D eigenvalue weighted by Gasteiger charge is 2.02. The van der Waals surface area contributed by atoms with Gasteiger partial charge in [0.15, 0.2) is 0 Å². The van der Waals surface area contributed by atoms with E-state index in [4.69, 9.17) is 23.8 Å². The van der Waals surface area contributed by atoms with Crippen molar-refractivity contribution in [2.75, 3.05) is 5.73 Å². The summed E-state index contributed by atoms with van der Waals surface area (Å²) in [7, 11) is 0. The number of terminal acetylenes is 1. The van der Waals surface area contributed by atoms with Crippen molar-refractivity contribution < 1.29 is 0 Å². The molecule has 1 heterocycles. The zero-order valence-corrected chi connectivity index (χ0v) is 7.78. The molecule has 0 aromatic carbocycles. The fourth-order valence-corrected chi connectivity index (χ4v) is 1.06. The molecule has 2 nitrogen and oxygen atoms in total. The van der Waals surface area contributed by atoms with Gasteiger partial charge < -0.3 is 5.73 Å². The van der Waals surface area contributed by atoms with Crippen LogP contribution < -0.4 is 5.73 Å². The second-order valence-electron chi connectivity index (χ2n) is 1.84. The first-order valence-electron chi connectivity index (χ1n) is 2.73. The van der Waals surface area contributed by atoms with Crippen LogP contribution in [-0.2, 0) is 0 Å². The molecule has 2 N–H and O–H groups in total. The Bertz CT molecular complexity index is 330. The molecule has 0 unspecified atom stereocenters. The predicted octanol–water partition coefficient (Wildman–Crippen LogP) is 2.06. The molecule has 1 aromatic heterocycles. The van der Waals surface area contributed by atoms with Crippen molar-refractivity contribution in [2.24, 2.45) is 0 Å². The summed E-state index contributed by atoms with van der Waals surface area (Å²) >= 11 is 8.81. The SMILES string of the molecule is C#Cc1cc(Br)c(Cl)nc1N. The van der Waals surface area contributed by atoms with Crippen LogP contribution in [0.25, 0.3) is 0 Å². The summed E-state index contributed by atoms with van der Waals surface area (Å²) in [5.41, 5.74) is 5.98. The van der Waals surface area contributed by atoms with E-state index in [-0.39, 0.29) is 5.82 Å². The van der Waals surface area contributed by atoms with Crippen LogP contribution in [0, 0.1) is 12.3 Å². The normalized spacial score (nSPS) is 9.18. The standard InChI is InChI=1S/C7H4BrClN2/c1-2-4-3-5(8)6(9)11-7(4)10/h1,3H,(H2,10,11). The first-order valence-corrected chi connectivity index (χ1v) is 3.90. The van der Waals surface area contributed by atoms with Gasteiger partial charge in [0, 0.05) is 0 Å². The van der Waals surface area contributed by atoms with Crippen molar-refractivity contribution in [3.05, 3.63) is 21.3 Å². The van der Waals surface area contributed by atoms with E-state index in [1.54, 1.807) is 6.07 Å². The van der Waals surface area contributed by atoms with E-state index in [1.807, 2.05) is 0 Å². The topological polar surface area (TPSA) is 38.9 Å². The molecule has 0 radical (unpaired) electrons. The van der Waals surface area contributed by atoms with Crippen molar-refractivity contribution in [2.45, 2.75) is 0 Å². The summed E-state index contributed by atoms with van der Waals surface area (Å²) in [6, 6.07) is 1.66. The average molecular weight is 231 g/mol. The van der Waals surface area contributed by atoms with Crippen LogP contribution >= 0.6 is 27.5 Å². The molecule has 0 aliphatic heterocycles. The molecular formula is C7H4BrClN2. The number of nitrogens with two attached hydrogens (primary N) is 1. The van der Waals surface area contributed by atoms with E-state index in [1.165, 1.54) is 0 Å². The molecule has 1 rings (SSSR count). The van der Waals surface area contributed by atoms with Crippen LogP contribution in [0.4, 0.5) is 5.82 Å². The molecule has 4 heteroatoms. The maximum absolute atomic E-state index is 5.64. The average Bonchev–Trinajstić information content (AvgIpc) is 1.97. The summed E-state index contributed by atoms with van der Waals surface area (Å²) < 4.78 is 0.654. The number of anilines is 1. The van der Waals surface area contributed by atoms with E-state index in [0.717, 1.165) is 0 Å². The molecule has 0 atom stereocenters. The Kier molecular flexibility index (Phi) is 2.38. The summed E-state index contributed by atoms with van der Waals surface area (Å²) in [6.07, 6.45) is 5.14. The zero-order valence-electron chi connectivity index (χ0n) is 5.44. The predicted molar refractivity (Wildman–Crippen MR) is 49.3 cm³/mol. The smallest absolute Gasteiger partial charge is 0.145 e. The molecule has 0 saturated carbocycles. The number of nitrogen functional groups attached to an aromatic ring is 1. The molecule has 56 valence electrons. The molecular weight excluding hydrogens is 227 g/mol. The summed E-state index contributed by atoms with van der Waals surface area (Å²) in [5.74, 6) is 2.67. The molecule has 0 amide bonds. The van der Waals surface area contributed by atoms with E-state index in [2.05, 4.69) is 26.8 Å². The molecule has 0 spiro atoms. The first-order chi connectivity index (χ1) is 5.15. The molecule has 11 heavy (non-hydrogen) atoms. The molecule has 0 aliphatic carbocycles. The van der Waals surface area contributed by atoms with Gasteiger partial charge in [0.25, 0.3) is 0 Å². The van der Waals surface area contributed by atoms with Crippen LogP contribution in [0.2, 0.25) is 5.15 Å². The molecule has 0 fully saturated rings. The third-order valence-corrected chi connectivity index (χ3v) is 2.24. The zero-order chi connectivity index (χ0) is 8.43. The fraction of sp³-hybridized carbons (Fsp3) is 0. The van der Waals surface area contributed by atoms with Gasteiger partial charge in [-0.05, 0) is 22.0 Å². The van der Waals surface area contributed by atoms with Gasteiger partial charge in [-0.25, -0.2) is 4.98 Å².